The summed E-state index contributed by atoms with van der Waals surface area (Å²) in [5.74, 6) is 0. The minimum absolute atomic E-state index is 0.792. The molecule has 0 aromatic heterocycles. The van der Waals surface area contributed by atoms with Crippen LogP contribution in [-0.4, -0.2) is 10.7 Å². The summed E-state index contributed by atoms with van der Waals surface area (Å²) in [6, 6.07) is 0. The fraction of sp³-hybridized carbons (Fsp3) is 0.571. The number of nitrogens with two attached hydrogens (primary N) is 1. The molecule has 0 radical (unpaired) electrons. The first kappa shape index (κ1) is 15.0. The molecular weight excluding hydrogens is 198 g/mol. The van der Waals surface area contributed by atoms with Gasteiger partial charge in [-0.05, 0) is 38.3 Å². The van der Waals surface area contributed by atoms with Crippen molar-refractivity contribution in [2.45, 2.75) is 52.6 Å². The third kappa shape index (κ3) is 6.46. The number of hydrogen-bond acceptors (Lipinski definition) is 2. The Morgan fingerprint density at radius 2 is 1.94 bits per heavy atom. The summed E-state index contributed by atoms with van der Waals surface area (Å²) in [7, 11) is 0. The highest BCUT2D eigenvalue weighted by atomic mass is 16.3. The number of aliphatic hydroxyl groups is 1. The molecule has 16 heavy (non-hydrogen) atoms. The van der Waals surface area contributed by atoms with E-state index in [4.69, 9.17) is 5.73 Å². The fourth-order valence-electron chi connectivity index (χ4n) is 1.39. The van der Waals surface area contributed by atoms with Crippen LogP contribution in [0.15, 0.2) is 35.6 Å². The van der Waals surface area contributed by atoms with E-state index in [1.54, 1.807) is 13.8 Å². The van der Waals surface area contributed by atoms with Crippen LogP contribution in [0.4, 0.5) is 0 Å². The summed E-state index contributed by atoms with van der Waals surface area (Å²) in [5.41, 5.74) is 6.80. The van der Waals surface area contributed by atoms with Gasteiger partial charge in [-0.3, -0.25) is 0 Å². The molecule has 0 bridgehead atoms. The molecule has 0 aromatic carbocycles. The van der Waals surface area contributed by atoms with Crippen molar-refractivity contribution >= 4 is 0 Å². The Balaban J connectivity index is 4.60. The lowest BCUT2D eigenvalue weighted by Crippen LogP contribution is -2.20. The van der Waals surface area contributed by atoms with Crippen molar-refractivity contribution in [3.63, 3.8) is 0 Å². The third-order valence-electron chi connectivity index (χ3n) is 2.26. The molecule has 0 spiro atoms. The van der Waals surface area contributed by atoms with E-state index >= 15 is 0 Å². The van der Waals surface area contributed by atoms with Crippen molar-refractivity contribution in [1.82, 2.24) is 0 Å². The molecule has 0 aliphatic heterocycles. The molecule has 3 N–H and O–H groups in total. The van der Waals surface area contributed by atoms with Gasteiger partial charge in [0.2, 0.25) is 0 Å². The lowest BCUT2D eigenvalue weighted by molar-refractivity contribution is 0.123. The van der Waals surface area contributed by atoms with Crippen molar-refractivity contribution in [2.75, 3.05) is 0 Å². The second-order valence-electron chi connectivity index (χ2n) is 4.48. The minimum Gasteiger partial charge on any atom is -0.402 e. The summed E-state index contributed by atoms with van der Waals surface area (Å²) in [5, 5.41) is 9.91. The molecule has 0 saturated heterocycles. The van der Waals surface area contributed by atoms with Crippen molar-refractivity contribution < 1.29 is 5.11 Å². The Bertz CT molecular complexity index is 280. The molecule has 0 unspecified atom stereocenters. The Kier molecular flexibility index (Phi) is 6.82. The van der Waals surface area contributed by atoms with Crippen LogP contribution in [-0.2, 0) is 0 Å². The Hall–Kier alpha value is -1.02. The van der Waals surface area contributed by atoms with Gasteiger partial charge >= 0.3 is 0 Å². The fourth-order valence-corrected chi connectivity index (χ4v) is 1.39. The first-order valence-electron chi connectivity index (χ1n) is 5.97. The average Bonchev–Trinajstić information content (AvgIpc) is 2.15. The van der Waals surface area contributed by atoms with Gasteiger partial charge in [-0.1, -0.05) is 38.5 Å². The van der Waals surface area contributed by atoms with Gasteiger partial charge in [0.25, 0.3) is 0 Å². The highest BCUT2D eigenvalue weighted by Gasteiger charge is 2.15. The monoisotopic (exact) mass is 223 g/mol. The van der Waals surface area contributed by atoms with Crippen molar-refractivity contribution in [3.8, 4) is 0 Å². The lowest BCUT2D eigenvalue weighted by Gasteiger charge is -2.18. The van der Waals surface area contributed by atoms with Gasteiger partial charge in [-0.15, -0.1) is 0 Å². The van der Waals surface area contributed by atoms with Gasteiger partial charge in [0.05, 0.1) is 5.60 Å². The highest BCUT2D eigenvalue weighted by Crippen LogP contribution is 2.17. The van der Waals surface area contributed by atoms with Gasteiger partial charge in [0.1, 0.15) is 0 Å². The molecule has 92 valence electrons. The first-order valence-corrected chi connectivity index (χ1v) is 5.97. The van der Waals surface area contributed by atoms with Crippen LogP contribution in [0.5, 0.6) is 0 Å². The maximum absolute atomic E-state index is 9.91. The molecule has 0 heterocycles. The molecule has 0 fully saturated rings. The maximum Gasteiger partial charge on any atom is 0.0837 e. The Morgan fingerprint density at radius 1 is 1.31 bits per heavy atom. The summed E-state index contributed by atoms with van der Waals surface area (Å²) < 4.78 is 0. The maximum atomic E-state index is 9.91. The number of hydrogen-bond donors (Lipinski definition) is 2. The van der Waals surface area contributed by atoms with Gasteiger partial charge in [0.15, 0.2) is 0 Å². The van der Waals surface area contributed by atoms with Crippen LogP contribution < -0.4 is 5.73 Å². The molecular formula is C14H25NO. The lowest BCUT2D eigenvalue weighted by atomic mass is 9.96. The van der Waals surface area contributed by atoms with Crippen molar-refractivity contribution in [2.24, 2.45) is 5.73 Å². The average molecular weight is 223 g/mol. The standard InChI is InChI=1S/C14H25NO/c1-5-8-12(14(3,4)16)10-7-11-13(15)9-6-2/h7-8,10-11,16H,5-6,9,15H2,1-4H3/b10-7+,12-8-,13-11-. The van der Waals surface area contributed by atoms with Gasteiger partial charge in [-0.2, -0.15) is 0 Å². The van der Waals surface area contributed by atoms with E-state index in [2.05, 4.69) is 13.8 Å². The van der Waals surface area contributed by atoms with Crippen LogP contribution in [0.2, 0.25) is 0 Å². The van der Waals surface area contributed by atoms with Crippen molar-refractivity contribution in [1.29, 1.82) is 0 Å². The predicted molar refractivity (Wildman–Crippen MR) is 71.0 cm³/mol. The van der Waals surface area contributed by atoms with E-state index in [1.807, 2.05) is 24.3 Å². The van der Waals surface area contributed by atoms with E-state index in [1.165, 1.54) is 0 Å². The Labute approximate surface area is 99.5 Å². The summed E-state index contributed by atoms with van der Waals surface area (Å²) in [4.78, 5) is 0. The molecule has 0 saturated carbocycles. The molecule has 0 aliphatic rings. The summed E-state index contributed by atoms with van der Waals surface area (Å²) >= 11 is 0. The summed E-state index contributed by atoms with van der Waals surface area (Å²) in [6.45, 7) is 7.74. The second kappa shape index (κ2) is 7.29. The first-order chi connectivity index (χ1) is 7.41. The van der Waals surface area contributed by atoms with E-state index in [9.17, 15) is 5.11 Å². The van der Waals surface area contributed by atoms with Crippen LogP contribution >= 0.6 is 0 Å². The van der Waals surface area contributed by atoms with E-state index in [0.717, 1.165) is 30.5 Å². The predicted octanol–water partition coefficient (Wildman–Crippen LogP) is 3.29. The van der Waals surface area contributed by atoms with Crippen LogP contribution in [0.3, 0.4) is 0 Å². The molecule has 2 heteroatoms. The zero-order chi connectivity index (χ0) is 12.6. The minimum atomic E-state index is -0.792. The van der Waals surface area contributed by atoms with Crippen LogP contribution in [0.25, 0.3) is 0 Å². The molecule has 0 aromatic rings. The smallest absolute Gasteiger partial charge is 0.0837 e. The zero-order valence-corrected chi connectivity index (χ0v) is 11.0. The van der Waals surface area contributed by atoms with Gasteiger partial charge in [0, 0.05) is 5.70 Å². The van der Waals surface area contributed by atoms with Crippen molar-refractivity contribution in [3.05, 3.63) is 35.6 Å². The molecule has 0 aliphatic carbocycles. The Morgan fingerprint density at radius 3 is 2.38 bits per heavy atom. The number of allylic oxidation sites excluding steroid dienone is 4. The second-order valence-corrected chi connectivity index (χ2v) is 4.48. The van der Waals surface area contributed by atoms with E-state index in [0.29, 0.717) is 0 Å². The molecule has 0 rings (SSSR count). The van der Waals surface area contributed by atoms with E-state index in [-0.39, 0.29) is 0 Å². The highest BCUT2D eigenvalue weighted by molar-refractivity contribution is 5.29. The third-order valence-corrected chi connectivity index (χ3v) is 2.26. The quantitative estimate of drug-likeness (QED) is 0.679. The summed E-state index contributed by atoms with van der Waals surface area (Å²) in [6.07, 6.45) is 10.6. The molecule has 0 atom stereocenters. The normalized spacial score (nSPS) is 14.8. The molecule has 0 amide bonds. The zero-order valence-electron chi connectivity index (χ0n) is 11.0. The van der Waals surface area contributed by atoms with E-state index < -0.39 is 5.60 Å². The van der Waals surface area contributed by atoms with Crippen LogP contribution in [0, 0.1) is 0 Å². The van der Waals surface area contributed by atoms with Gasteiger partial charge < -0.3 is 10.8 Å². The molecule has 2 nitrogen and oxygen atoms in total. The number of rotatable bonds is 6. The topological polar surface area (TPSA) is 46.2 Å². The largest absolute Gasteiger partial charge is 0.402 e. The van der Waals surface area contributed by atoms with Gasteiger partial charge in [-0.25, -0.2) is 0 Å². The SMILES string of the molecule is CC/C=C(/C=C/C=C(\N)CCC)C(C)(C)O. The van der Waals surface area contributed by atoms with Crippen LogP contribution in [0.1, 0.15) is 47.0 Å².